The van der Waals surface area contributed by atoms with Crippen molar-refractivity contribution in [2.24, 2.45) is 5.92 Å². The van der Waals surface area contributed by atoms with Crippen molar-refractivity contribution in [2.75, 3.05) is 35.0 Å². The van der Waals surface area contributed by atoms with Gasteiger partial charge >= 0.3 is 0 Å². The lowest BCUT2D eigenvalue weighted by molar-refractivity contribution is 0.267. The van der Waals surface area contributed by atoms with Gasteiger partial charge in [0.25, 0.3) is 0 Å². The molecule has 0 saturated carbocycles. The van der Waals surface area contributed by atoms with Gasteiger partial charge in [-0.25, -0.2) is 0 Å². The minimum atomic E-state index is 0.557. The quantitative estimate of drug-likeness (QED) is 0.539. The highest BCUT2D eigenvalue weighted by Crippen LogP contribution is 2.51. The molecule has 158 valence electrons. The van der Waals surface area contributed by atoms with E-state index in [2.05, 4.69) is 0 Å². The highest BCUT2D eigenvalue weighted by molar-refractivity contribution is 6.30. The van der Waals surface area contributed by atoms with Gasteiger partial charge in [-0.2, -0.15) is 0 Å². The van der Waals surface area contributed by atoms with E-state index in [4.69, 9.17) is 35.3 Å². The Kier molecular flexibility index (Phi) is 7.37. The molecule has 0 unspecified atom stereocenters. The minimum Gasteiger partial charge on any atom is -0.494 e. The van der Waals surface area contributed by atoms with Gasteiger partial charge in [0.15, 0.2) is 11.5 Å². The molecule has 0 spiro atoms. The monoisotopic (exact) mass is 420 g/mol. The van der Waals surface area contributed by atoms with Crippen molar-refractivity contribution in [2.45, 2.75) is 32.1 Å². The number of benzene rings is 2. The summed E-state index contributed by atoms with van der Waals surface area (Å²) in [5.41, 5.74) is 2.31. The summed E-state index contributed by atoms with van der Waals surface area (Å²) in [6.45, 7) is 0.684. The standard InChI is InChI=1S/C23H29ClO5/c1-25-20-18-11-5-15(13-14-29-17-9-7-16(24)8-10-17)6-12-19(18)21(26-2)23(28-4)22(20)27-3/h7-10,15H,5-6,11-14H2,1-4H3. The molecule has 0 saturated heterocycles. The maximum absolute atomic E-state index is 5.93. The summed E-state index contributed by atoms with van der Waals surface area (Å²) in [6, 6.07) is 7.50. The Morgan fingerprint density at radius 3 is 1.69 bits per heavy atom. The van der Waals surface area contributed by atoms with Crippen molar-refractivity contribution >= 4 is 11.6 Å². The molecule has 1 aliphatic rings. The first-order chi connectivity index (χ1) is 14.1. The van der Waals surface area contributed by atoms with Crippen LogP contribution in [-0.2, 0) is 12.8 Å². The fourth-order valence-corrected chi connectivity index (χ4v) is 4.22. The van der Waals surface area contributed by atoms with Crippen LogP contribution < -0.4 is 23.7 Å². The maximum atomic E-state index is 5.93. The molecule has 0 atom stereocenters. The maximum Gasteiger partial charge on any atom is 0.207 e. The molecule has 0 radical (unpaired) electrons. The van der Waals surface area contributed by atoms with E-state index in [9.17, 15) is 0 Å². The third-order valence-electron chi connectivity index (χ3n) is 5.56. The van der Waals surface area contributed by atoms with E-state index in [-0.39, 0.29) is 0 Å². The third-order valence-corrected chi connectivity index (χ3v) is 5.81. The average Bonchev–Trinajstić information content (AvgIpc) is 2.96. The Bertz CT molecular complexity index is 776. The molecule has 5 nitrogen and oxygen atoms in total. The van der Waals surface area contributed by atoms with E-state index in [0.717, 1.165) is 60.5 Å². The van der Waals surface area contributed by atoms with E-state index >= 15 is 0 Å². The number of hydrogen-bond donors (Lipinski definition) is 0. The SMILES string of the molecule is COc1c2c(c(OC)c(OC)c1OC)CCC(CCOc1ccc(Cl)cc1)CC2. The molecule has 0 aromatic heterocycles. The van der Waals surface area contributed by atoms with Crippen LogP contribution in [0.3, 0.4) is 0 Å². The zero-order valence-corrected chi connectivity index (χ0v) is 18.3. The van der Waals surface area contributed by atoms with E-state index < -0.39 is 0 Å². The lowest BCUT2D eigenvalue weighted by Crippen LogP contribution is -2.07. The number of halogens is 1. The second-order valence-corrected chi connectivity index (χ2v) is 7.56. The predicted molar refractivity (Wildman–Crippen MR) is 114 cm³/mol. The summed E-state index contributed by atoms with van der Waals surface area (Å²) in [7, 11) is 6.60. The minimum absolute atomic E-state index is 0.557. The predicted octanol–water partition coefficient (Wildman–Crippen LogP) is 5.34. The van der Waals surface area contributed by atoms with Gasteiger partial charge in [0.05, 0.1) is 35.0 Å². The molecule has 3 rings (SSSR count). The Labute approximate surface area is 177 Å². The van der Waals surface area contributed by atoms with Crippen molar-refractivity contribution < 1.29 is 23.7 Å². The number of ether oxygens (including phenoxy) is 5. The number of methoxy groups -OCH3 is 4. The van der Waals surface area contributed by atoms with Crippen molar-refractivity contribution in [1.29, 1.82) is 0 Å². The lowest BCUT2D eigenvalue weighted by Gasteiger charge is -2.21. The van der Waals surface area contributed by atoms with Crippen molar-refractivity contribution in [3.05, 3.63) is 40.4 Å². The Balaban J connectivity index is 1.74. The molecule has 0 bridgehead atoms. The smallest absolute Gasteiger partial charge is 0.207 e. The Hall–Kier alpha value is -2.27. The number of rotatable bonds is 8. The van der Waals surface area contributed by atoms with E-state index in [1.54, 1.807) is 28.4 Å². The first-order valence-corrected chi connectivity index (χ1v) is 10.3. The van der Waals surface area contributed by atoms with Crippen LogP contribution in [0.25, 0.3) is 0 Å². The zero-order chi connectivity index (χ0) is 20.8. The van der Waals surface area contributed by atoms with Gasteiger partial charge in [-0.15, -0.1) is 0 Å². The number of fused-ring (bicyclic) bond motifs is 1. The first-order valence-electron chi connectivity index (χ1n) is 9.88. The molecule has 2 aromatic rings. The molecule has 0 amide bonds. The van der Waals surface area contributed by atoms with Crippen LogP contribution in [-0.4, -0.2) is 35.0 Å². The van der Waals surface area contributed by atoms with Gasteiger partial charge in [0, 0.05) is 16.1 Å². The van der Waals surface area contributed by atoms with Gasteiger partial charge < -0.3 is 23.7 Å². The van der Waals surface area contributed by atoms with Gasteiger partial charge in [-0.05, 0) is 62.3 Å². The van der Waals surface area contributed by atoms with Crippen LogP contribution in [0.4, 0.5) is 0 Å². The van der Waals surface area contributed by atoms with Gasteiger partial charge in [0.2, 0.25) is 11.5 Å². The topological polar surface area (TPSA) is 46.2 Å². The van der Waals surface area contributed by atoms with Gasteiger partial charge in [-0.1, -0.05) is 11.6 Å². The van der Waals surface area contributed by atoms with E-state index in [1.165, 1.54) is 0 Å². The second kappa shape index (κ2) is 9.97. The van der Waals surface area contributed by atoms with Crippen LogP contribution in [0.2, 0.25) is 5.02 Å². The molecule has 0 heterocycles. The molecule has 29 heavy (non-hydrogen) atoms. The molecular formula is C23H29ClO5. The Morgan fingerprint density at radius 2 is 1.24 bits per heavy atom. The average molecular weight is 421 g/mol. The summed E-state index contributed by atoms with van der Waals surface area (Å²) in [5.74, 6) is 4.09. The molecule has 0 N–H and O–H groups in total. The van der Waals surface area contributed by atoms with Gasteiger partial charge in [0.1, 0.15) is 5.75 Å². The molecule has 0 fully saturated rings. The summed E-state index contributed by atoms with van der Waals surface area (Å²) < 4.78 is 28.5. The fraction of sp³-hybridized carbons (Fsp3) is 0.478. The van der Waals surface area contributed by atoms with Crippen LogP contribution in [0.15, 0.2) is 24.3 Å². The molecule has 1 aliphatic carbocycles. The highest BCUT2D eigenvalue weighted by atomic mass is 35.5. The van der Waals surface area contributed by atoms with E-state index in [1.807, 2.05) is 24.3 Å². The highest BCUT2D eigenvalue weighted by Gasteiger charge is 2.29. The van der Waals surface area contributed by atoms with E-state index in [0.29, 0.717) is 29.0 Å². The first kappa shape index (κ1) is 21.4. The molecule has 6 heteroatoms. The fourth-order valence-electron chi connectivity index (χ4n) is 4.09. The lowest BCUT2D eigenvalue weighted by atomic mass is 9.96. The summed E-state index contributed by atoms with van der Waals surface area (Å²) in [4.78, 5) is 0. The van der Waals surface area contributed by atoms with Crippen molar-refractivity contribution in [3.8, 4) is 28.7 Å². The molecule has 2 aromatic carbocycles. The Morgan fingerprint density at radius 1 is 0.759 bits per heavy atom. The van der Waals surface area contributed by atoms with Crippen molar-refractivity contribution in [3.63, 3.8) is 0 Å². The zero-order valence-electron chi connectivity index (χ0n) is 17.5. The normalized spacial score (nSPS) is 14.0. The van der Waals surface area contributed by atoms with Crippen molar-refractivity contribution in [1.82, 2.24) is 0 Å². The summed E-state index contributed by atoms with van der Waals surface area (Å²) >= 11 is 5.93. The van der Waals surface area contributed by atoms with Crippen LogP contribution in [0.5, 0.6) is 28.7 Å². The van der Waals surface area contributed by atoms with Crippen LogP contribution in [0.1, 0.15) is 30.4 Å². The largest absolute Gasteiger partial charge is 0.494 e. The molecular weight excluding hydrogens is 392 g/mol. The molecule has 0 aliphatic heterocycles. The van der Waals surface area contributed by atoms with Gasteiger partial charge in [-0.3, -0.25) is 0 Å². The summed E-state index contributed by atoms with van der Waals surface area (Å²) in [5, 5.41) is 0.715. The summed E-state index contributed by atoms with van der Waals surface area (Å²) in [6.07, 6.45) is 4.93. The van der Waals surface area contributed by atoms with Crippen LogP contribution >= 0.6 is 11.6 Å². The third kappa shape index (κ3) is 4.67. The second-order valence-electron chi connectivity index (χ2n) is 7.12. The van der Waals surface area contributed by atoms with Crippen LogP contribution in [0, 0.1) is 5.92 Å². The number of hydrogen-bond acceptors (Lipinski definition) is 5.